The molecule has 108 valence electrons. The third-order valence-corrected chi connectivity index (χ3v) is 3.83. The summed E-state index contributed by atoms with van der Waals surface area (Å²) in [7, 11) is 0. The fourth-order valence-corrected chi connectivity index (χ4v) is 2.67. The van der Waals surface area contributed by atoms with Crippen molar-refractivity contribution in [2.45, 2.75) is 32.2 Å². The number of amides is 3. The standard InChI is InChI=1S/C13H23N3O3/c1-3-14-8-10(2)9-16-11(17)13(15-12(16)18)4-6-19-7-5-13/h10,14H,3-9H2,1-2H3,(H,15,18). The zero-order valence-corrected chi connectivity index (χ0v) is 11.7. The van der Waals surface area contributed by atoms with Crippen LogP contribution in [0.5, 0.6) is 0 Å². The zero-order valence-electron chi connectivity index (χ0n) is 11.7. The van der Waals surface area contributed by atoms with Crippen LogP contribution in [0.25, 0.3) is 0 Å². The van der Waals surface area contributed by atoms with Gasteiger partial charge in [0, 0.05) is 32.6 Å². The van der Waals surface area contributed by atoms with Gasteiger partial charge in [-0.3, -0.25) is 9.69 Å². The number of rotatable bonds is 5. The van der Waals surface area contributed by atoms with Gasteiger partial charge in [-0.05, 0) is 19.0 Å². The maximum atomic E-state index is 12.5. The predicted molar refractivity (Wildman–Crippen MR) is 70.7 cm³/mol. The van der Waals surface area contributed by atoms with Gasteiger partial charge >= 0.3 is 6.03 Å². The van der Waals surface area contributed by atoms with Crippen LogP contribution in [-0.4, -0.2) is 55.2 Å². The van der Waals surface area contributed by atoms with Crippen LogP contribution in [0, 0.1) is 5.92 Å². The summed E-state index contributed by atoms with van der Waals surface area (Å²) in [6, 6.07) is -0.254. The molecule has 2 N–H and O–H groups in total. The fourth-order valence-electron chi connectivity index (χ4n) is 2.67. The largest absolute Gasteiger partial charge is 0.381 e. The molecule has 2 fully saturated rings. The molecule has 0 aromatic rings. The van der Waals surface area contributed by atoms with E-state index in [0.29, 0.717) is 32.6 Å². The van der Waals surface area contributed by atoms with Gasteiger partial charge < -0.3 is 15.4 Å². The Bertz CT molecular complexity index is 353. The van der Waals surface area contributed by atoms with Gasteiger partial charge in [0.1, 0.15) is 5.54 Å². The number of carbonyl (C=O) groups excluding carboxylic acids is 2. The number of imide groups is 1. The lowest BCUT2D eigenvalue weighted by atomic mass is 9.90. The quantitative estimate of drug-likeness (QED) is 0.706. The van der Waals surface area contributed by atoms with E-state index in [1.807, 2.05) is 13.8 Å². The van der Waals surface area contributed by atoms with Crippen molar-refractivity contribution in [1.82, 2.24) is 15.5 Å². The normalized spacial score (nSPS) is 23.8. The summed E-state index contributed by atoms with van der Waals surface area (Å²) >= 11 is 0. The van der Waals surface area contributed by atoms with Crippen LogP contribution in [0.2, 0.25) is 0 Å². The van der Waals surface area contributed by atoms with Crippen molar-refractivity contribution in [2.75, 3.05) is 32.8 Å². The summed E-state index contributed by atoms with van der Waals surface area (Å²) < 4.78 is 5.28. The van der Waals surface area contributed by atoms with Crippen LogP contribution in [0.15, 0.2) is 0 Å². The predicted octanol–water partition coefficient (Wildman–Crippen LogP) is 0.333. The summed E-state index contributed by atoms with van der Waals surface area (Å²) in [5.74, 6) is 0.175. The van der Waals surface area contributed by atoms with Crippen molar-refractivity contribution in [3.63, 3.8) is 0 Å². The number of urea groups is 1. The highest BCUT2D eigenvalue weighted by Gasteiger charge is 2.51. The maximum Gasteiger partial charge on any atom is 0.325 e. The Morgan fingerprint density at radius 3 is 2.74 bits per heavy atom. The van der Waals surface area contributed by atoms with Crippen LogP contribution in [0.1, 0.15) is 26.7 Å². The second-order valence-electron chi connectivity index (χ2n) is 5.45. The number of ether oxygens (including phenoxy) is 1. The smallest absolute Gasteiger partial charge is 0.325 e. The third kappa shape index (κ3) is 2.90. The van der Waals surface area contributed by atoms with Gasteiger partial charge in [-0.25, -0.2) is 4.79 Å². The van der Waals surface area contributed by atoms with Crippen molar-refractivity contribution in [2.24, 2.45) is 5.92 Å². The molecule has 2 heterocycles. The van der Waals surface area contributed by atoms with Crippen LogP contribution in [0.4, 0.5) is 4.79 Å². The first-order chi connectivity index (χ1) is 9.09. The molecule has 2 aliphatic heterocycles. The van der Waals surface area contributed by atoms with Gasteiger partial charge in [0.25, 0.3) is 5.91 Å². The lowest BCUT2D eigenvalue weighted by Crippen LogP contribution is -2.51. The Labute approximate surface area is 113 Å². The fraction of sp³-hybridized carbons (Fsp3) is 0.846. The molecule has 19 heavy (non-hydrogen) atoms. The van der Waals surface area contributed by atoms with Gasteiger partial charge in [0.2, 0.25) is 0 Å². The van der Waals surface area contributed by atoms with E-state index in [2.05, 4.69) is 10.6 Å². The molecule has 0 aliphatic carbocycles. The van der Waals surface area contributed by atoms with Crippen molar-refractivity contribution >= 4 is 11.9 Å². The summed E-state index contributed by atoms with van der Waals surface area (Å²) in [5.41, 5.74) is -0.701. The Morgan fingerprint density at radius 2 is 2.11 bits per heavy atom. The van der Waals surface area contributed by atoms with Crippen LogP contribution < -0.4 is 10.6 Å². The van der Waals surface area contributed by atoms with Crippen molar-refractivity contribution in [3.8, 4) is 0 Å². The van der Waals surface area contributed by atoms with Crippen molar-refractivity contribution in [3.05, 3.63) is 0 Å². The molecular weight excluding hydrogens is 246 g/mol. The molecule has 0 saturated carbocycles. The van der Waals surface area contributed by atoms with E-state index < -0.39 is 5.54 Å². The van der Waals surface area contributed by atoms with Crippen LogP contribution in [-0.2, 0) is 9.53 Å². The molecule has 1 atom stereocenters. The summed E-state index contributed by atoms with van der Waals surface area (Å²) in [4.78, 5) is 25.8. The molecule has 0 aromatic carbocycles. The van der Waals surface area contributed by atoms with E-state index >= 15 is 0 Å². The van der Waals surface area contributed by atoms with E-state index in [4.69, 9.17) is 4.74 Å². The topological polar surface area (TPSA) is 70.7 Å². The SMILES string of the molecule is CCNCC(C)CN1C(=O)NC2(CCOCC2)C1=O. The highest BCUT2D eigenvalue weighted by atomic mass is 16.5. The van der Waals surface area contributed by atoms with E-state index in [0.717, 1.165) is 13.1 Å². The Morgan fingerprint density at radius 1 is 1.42 bits per heavy atom. The van der Waals surface area contributed by atoms with Crippen molar-refractivity contribution in [1.29, 1.82) is 0 Å². The number of nitrogens with zero attached hydrogens (tertiary/aromatic N) is 1. The second kappa shape index (κ2) is 5.88. The summed E-state index contributed by atoms with van der Waals surface area (Å²) in [6.45, 7) is 7.32. The van der Waals surface area contributed by atoms with Gasteiger partial charge in [0.05, 0.1) is 0 Å². The minimum atomic E-state index is -0.701. The first kappa shape index (κ1) is 14.3. The number of nitrogens with one attached hydrogen (secondary N) is 2. The highest BCUT2D eigenvalue weighted by molar-refractivity contribution is 6.07. The number of hydrogen-bond donors (Lipinski definition) is 2. The van der Waals surface area contributed by atoms with Crippen molar-refractivity contribution < 1.29 is 14.3 Å². The highest BCUT2D eigenvalue weighted by Crippen LogP contribution is 2.28. The number of hydrogen-bond acceptors (Lipinski definition) is 4. The third-order valence-electron chi connectivity index (χ3n) is 3.83. The molecule has 0 aromatic heterocycles. The second-order valence-corrected chi connectivity index (χ2v) is 5.45. The first-order valence-electron chi connectivity index (χ1n) is 7.01. The maximum absolute atomic E-state index is 12.5. The molecule has 1 unspecified atom stereocenters. The minimum Gasteiger partial charge on any atom is -0.381 e. The molecule has 2 rings (SSSR count). The Hall–Kier alpha value is -1.14. The first-order valence-corrected chi connectivity index (χ1v) is 7.01. The average molecular weight is 269 g/mol. The lowest BCUT2D eigenvalue weighted by Gasteiger charge is -2.30. The molecule has 2 saturated heterocycles. The molecule has 0 bridgehead atoms. The summed E-state index contributed by atoms with van der Waals surface area (Å²) in [5, 5.41) is 6.10. The molecule has 2 aliphatic rings. The van der Waals surface area contributed by atoms with Gasteiger partial charge in [0.15, 0.2) is 0 Å². The van der Waals surface area contributed by atoms with Gasteiger partial charge in [-0.2, -0.15) is 0 Å². The lowest BCUT2D eigenvalue weighted by molar-refractivity contribution is -0.134. The minimum absolute atomic E-state index is 0.0795. The molecule has 3 amide bonds. The van der Waals surface area contributed by atoms with Gasteiger partial charge in [-0.1, -0.05) is 13.8 Å². The van der Waals surface area contributed by atoms with E-state index in [-0.39, 0.29) is 17.9 Å². The zero-order chi connectivity index (χ0) is 13.9. The summed E-state index contributed by atoms with van der Waals surface area (Å²) in [6.07, 6.45) is 1.16. The average Bonchev–Trinajstić information content (AvgIpc) is 2.62. The molecule has 6 nitrogen and oxygen atoms in total. The van der Waals surface area contributed by atoms with Crippen LogP contribution >= 0.6 is 0 Å². The molecule has 0 radical (unpaired) electrons. The van der Waals surface area contributed by atoms with Crippen LogP contribution in [0.3, 0.4) is 0 Å². The molecular formula is C13H23N3O3. The monoisotopic (exact) mass is 269 g/mol. The molecule has 1 spiro atoms. The Balaban J connectivity index is 1.98. The Kier molecular flexibility index (Phi) is 4.42. The van der Waals surface area contributed by atoms with E-state index in [9.17, 15) is 9.59 Å². The number of carbonyl (C=O) groups is 2. The van der Waals surface area contributed by atoms with E-state index in [1.165, 1.54) is 4.90 Å². The molecule has 6 heteroatoms. The van der Waals surface area contributed by atoms with E-state index in [1.54, 1.807) is 0 Å². The van der Waals surface area contributed by atoms with Gasteiger partial charge in [-0.15, -0.1) is 0 Å².